The van der Waals surface area contributed by atoms with Crippen molar-refractivity contribution >= 4 is 40.0 Å². The van der Waals surface area contributed by atoms with Gasteiger partial charge in [0, 0.05) is 42.1 Å². The molecule has 1 amide bonds. The highest BCUT2D eigenvalue weighted by Gasteiger charge is 2.28. The highest BCUT2D eigenvalue weighted by molar-refractivity contribution is 8.12. The normalized spacial score (nSPS) is 11.7. The number of nitrogens with zero attached hydrogens (tertiary/aromatic N) is 3. The van der Waals surface area contributed by atoms with Crippen LogP contribution in [-0.4, -0.2) is 42.0 Å². The zero-order valence-electron chi connectivity index (χ0n) is 28.4. The van der Waals surface area contributed by atoms with E-state index in [-0.39, 0.29) is 22.6 Å². The van der Waals surface area contributed by atoms with Gasteiger partial charge in [0.1, 0.15) is 5.82 Å². The van der Waals surface area contributed by atoms with Crippen molar-refractivity contribution in [2.45, 2.75) is 52.6 Å². The molecule has 0 aliphatic carbocycles. The molecule has 6 aromatic rings. The molecule has 1 heterocycles. The number of fused-ring (bicyclic) bond motifs is 1. The molecular formula is C42H39N3O4S. The van der Waals surface area contributed by atoms with Crippen LogP contribution in [0.15, 0.2) is 121 Å². The number of carboxylic acid groups (broad SMARTS) is 1. The van der Waals surface area contributed by atoms with Crippen LogP contribution in [0.1, 0.15) is 73.9 Å². The second-order valence-electron chi connectivity index (χ2n) is 12.5. The quantitative estimate of drug-likeness (QED) is 0.137. The number of benzene rings is 5. The maximum Gasteiger partial charge on any atom is 0.336 e. The van der Waals surface area contributed by atoms with Crippen LogP contribution >= 0.6 is 11.9 Å². The van der Waals surface area contributed by atoms with Crippen LogP contribution in [0.2, 0.25) is 0 Å². The summed E-state index contributed by atoms with van der Waals surface area (Å²) in [6.45, 7) is 6.59. The fourth-order valence-corrected chi connectivity index (χ4v) is 7.12. The van der Waals surface area contributed by atoms with Gasteiger partial charge in [-0.15, -0.1) is 0 Å². The van der Waals surface area contributed by atoms with Crippen molar-refractivity contribution < 1.29 is 19.5 Å². The number of aryl methyl sites for hydroxylation is 2. The van der Waals surface area contributed by atoms with E-state index in [0.29, 0.717) is 29.7 Å². The zero-order chi connectivity index (χ0) is 35.2. The molecule has 252 valence electrons. The van der Waals surface area contributed by atoms with Crippen molar-refractivity contribution in [3.8, 4) is 11.1 Å². The molecule has 0 saturated carbocycles. The summed E-state index contributed by atoms with van der Waals surface area (Å²) in [5.74, 6) is -0.271. The maximum absolute atomic E-state index is 14.5. The number of amides is 1. The molecule has 1 aromatic heterocycles. The van der Waals surface area contributed by atoms with Crippen LogP contribution in [0.3, 0.4) is 0 Å². The average Bonchev–Trinajstić information content (AvgIpc) is 3.48. The fourth-order valence-electron chi connectivity index (χ4n) is 6.26. The number of carbonyl (C=O) groups is 3. The number of carbonyl (C=O) groups excluding carboxylic acids is 2. The van der Waals surface area contributed by atoms with Gasteiger partial charge in [0.2, 0.25) is 5.12 Å². The Morgan fingerprint density at radius 2 is 1.48 bits per heavy atom. The lowest BCUT2D eigenvalue weighted by molar-refractivity contribution is 0.0697. The minimum Gasteiger partial charge on any atom is -0.478 e. The Morgan fingerprint density at radius 1 is 0.820 bits per heavy atom. The molecule has 0 radical (unpaired) electrons. The molecule has 50 heavy (non-hydrogen) atoms. The fraction of sp³-hybridized carbons (Fsp3) is 0.190. The van der Waals surface area contributed by atoms with Crippen molar-refractivity contribution in [2.24, 2.45) is 0 Å². The number of rotatable bonds is 11. The zero-order valence-corrected chi connectivity index (χ0v) is 29.2. The minimum absolute atomic E-state index is 0.193. The highest BCUT2D eigenvalue weighted by Crippen LogP contribution is 2.30. The number of imidazole rings is 1. The summed E-state index contributed by atoms with van der Waals surface area (Å²) in [5.41, 5.74) is 7.47. The molecule has 0 spiro atoms. The predicted octanol–water partition coefficient (Wildman–Crippen LogP) is 9.27. The molecule has 6 rings (SSSR count). The van der Waals surface area contributed by atoms with E-state index in [1.807, 2.05) is 111 Å². The SMILES string of the molecule is CCCc1nc2c(C)cc(C(=O)N(SC(=O)c3ccccc3)C(C)Cc3ccccc3)cc2n1Cc1ccc(-c2ccccc2C(=O)O)cc1. The van der Waals surface area contributed by atoms with E-state index in [2.05, 4.69) is 11.5 Å². The van der Waals surface area contributed by atoms with Crippen molar-refractivity contribution in [1.82, 2.24) is 13.9 Å². The summed E-state index contributed by atoms with van der Waals surface area (Å²) in [7, 11) is 0. The molecule has 1 N–H and O–H groups in total. The number of carboxylic acids is 1. The van der Waals surface area contributed by atoms with Crippen molar-refractivity contribution in [2.75, 3.05) is 0 Å². The molecule has 0 fully saturated rings. The number of hydrogen-bond donors (Lipinski definition) is 1. The molecule has 1 atom stereocenters. The largest absolute Gasteiger partial charge is 0.478 e. The van der Waals surface area contributed by atoms with Crippen LogP contribution in [0.5, 0.6) is 0 Å². The van der Waals surface area contributed by atoms with Gasteiger partial charge >= 0.3 is 5.97 Å². The first-order valence-electron chi connectivity index (χ1n) is 16.8. The molecule has 0 aliphatic heterocycles. The Hall–Kier alpha value is -5.47. The summed E-state index contributed by atoms with van der Waals surface area (Å²) in [4.78, 5) is 44.8. The van der Waals surface area contributed by atoms with Gasteiger partial charge in [0.15, 0.2) is 0 Å². The Kier molecular flexibility index (Phi) is 10.6. The second kappa shape index (κ2) is 15.4. The van der Waals surface area contributed by atoms with E-state index in [9.17, 15) is 19.5 Å². The van der Waals surface area contributed by atoms with Gasteiger partial charge in [-0.25, -0.2) is 9.78 Å². The van der Waals surface area contributed by atoms with E-state index in [0.717, 1.165) is 63.9 Å². The number of aromatic carboxylic acids is 1. The van der Waals surface area contributed by atoms with Crippen LogP contribution in [-0.2, 0) is 19.4 Å². The first-order chi connectivity index (χ1) is 24.2. The number of aromatic nitrogens is 2. The van der Waals surface area contributed by atoms with Crippen molar-refractivity contribution in [1.29, 1.82) is 0 Å². The third-order valence-electron chi connectivity index (χ3n) is 8.77. The summed E-state index contributed by atoms with van der Waals surface area (Å²) < 4.78 is 3.78. The Bertz CT molecular complexity index is 2140. The van der Waals surface area contributed by atoms with Crippen molar-refractivity contribution in [3.63, 3.8) is 0 Å². The van der Waals surface area contributed by atoms with Gasteiger partial charge in [0.25, 0.3) is 5.91 Å². The summed E-state index contributed by atoms with van der Waals surface area (Å²) in [5, 5.41) is 9.50. The van der Waals surface area contributed by atoms with Crippen LogP contribution in [0.25, 0.3) is 22.2 Å². The molecule has 7 nitrogen and oxygen atoms in total. The summed E-state index contributed by atoms with van der Waals surface area (Å²) in [6.07, 6.45) is 2.26. The van der Waals surface area contributed by atoms with E-state index in [1.54, 1.807) is 28.6 Å². The molecule has 0 aliphatic rings. The lowest BCUT2D eigenvalue weighted by atomic mass is 9.98. The van der Waals surface area contributed by atoms with Crippen LogP contribution in [0, 0.1) is 6.92 Å². The Balaban J connectivity index is 1.35. The van der Waals surface area contributed by atoms with Crippen LogP contribution < -0.4 is 0 Å². The molecule has 1 unspecified atom stereocenters. The number of hydrogen-bond acceptors (Lipinski definition) is 5. The minimum atomic E-state index is -0.963. The van der Waals surface area contributed by atoms with E-state index in [4.69, 9.17) is 4.98 Å². The smallest absolute Gasteiger partial charge is 0.336 e. The van der Waals surface area contributed by atoms with Gasteiger partial charge in [0.05, 0.1) is 16.6 Å². The summed E-state index contributed by atoms with van der Waals surface area (Å²) >= 11 is 0.947. The van der Waals surface area contributed by atoms with Crippen LogP contribution in [0.4, 0.5) is 0 Å². The first kappa shape index (κ1) is 34.4. The molecule has 8 heteroatoms. The maximum atomic E-state index is 14.5. The molecular weight excluding hydrogens is 643 g/mol. The van der Waals surface area contributed by atoms with E-state index in [1.165, 1.54) is 0 Å². The lowest BCUT2D eigenvalue weighted by Crippen LogP contribution is -2.35. The van der Waals surface area contributed by atoms with Crippen molar-refractivity contribution in [3.05, 3.63) is 161 Å². The van der Waals surface area contributed by atoms with E-state index >= 15 is 0 Å². The molecule has 0 bridgehead atoms. The standard InChI is InChI=1S/C42H39N3O4S/c1-4-13-38-43-39-28(2)24-34(26-37(39)44(38)27-31-20-22-32(23-21-31)35-18-11-12-19-36(35)41(47)48)40(46)45(29(3)25-30-14-7-5-8-15-30)50-42(49)33-16-9-6-10-17-33/h5-12,14-24,26,29H,4,13,25,27H2,1-3H3,(H,47,48). The lowest BCUT2D eigenvalue weighted by Gasteiger charge is -2.27. The third kappa shape index (κ3) is 7.56. The molecule has 0 saturated heterocycles. The van der Waals surface area contributed by atoms with Gasteiger partial charge < -0.3 is 9.67 Å². The molecule has 5 aromatic carbocycles. The monoisotopic (exact) mass is 681 g/mol. The summed E-state index contributed by atoms with van der Waals surface area (Å²) in [6, 6.07) is 37.4. The third-order valence-corrected chi connectivity index (χ3v) is 9.90. The predicted molar refractivity (Wildman–Crippen MR) is 201 cm³/mol. The topological polar surface area (TPSA) is 92.5 Å². The van der Waals surface area contributed by atoms with Gasteiger partial charge in [-0.3, -0.25) is 13.9 Å². The Labute approximate surface area is 296 Å². The Morgan fingerprint density at radius 3 is 2.16 bits per heavy atom. The highest BCUT2D eigenvalue weighted by atomic mass is 32.2. The van der Waals surface area contributed by atoms with E-state index < -0.39 is 5.97 Å². The van der Waals surface area contributed by atoms with Gasteiger partial charge in [-0.2, -0.15) is 0 Å². The van der Waals surface area contributed by atoms with Gasteiger partial charge in [-0.05, 0) is 72.7 Å². The van der Waals surface area contributed by atoms with Gasteiger partial charge in [-0.1, -0.05) is 110 Å². The second-order valence-corrected chi connectivity index (χ2v) is 13.4. The average molecular weight is 682 g/mol. The first-order valence-corrected chi connectivity index (χ1v) is 17.6.